The van der Waals surface area contributed by atoms with Gasteiger partial charge in [0.15, 0.2) is 0 Å². The highest BCUT2D eigenvalue weighted by molar-refractivity contribution is 5.85. The molecule has 5 rings (SSSR count). The van der Waals surface area contributed by atoms with Gasteiger partial charge >= 0.3 is 11.9 Å². The van der Waals surface area contributed by atoms with E-state index in [0.717, 1.165) is 29.1 Å². The van der Waals surface area contributed by atoms with E-state index in [4.69, 9.17) is 0 Å². The average Bonchev–Trinajstić information content (AvgIpc) is 3.42. The molecule has 3 aromatic heterocycles. The van der Waals surface area contributed by atoms with Crippen molar-refractivity contribution in [3.63, 3.8) is 0 Å². The van der Waals surface area contributed by atoms with Crippen molar-refractivity contribution < 1.29 is 18.0 Å². The molecule has 1 atom stereocenters. The van der Waals surface area contributed by atoms with Crippen LogP contribution in [0.1, 0.15) is 12.5 Å². The van der Waals surface area contributed by atoms with Crippen LogP contribution >= 0.6 is 0 Å². The molecule has 184 valence electrons. The Kier molecular flexibility index (Phi) is 5.66. The largest absolute Gasteiger partial charge is 0.408 e. The van der Waals surface area contributed by atoms with E-state index in [0.29, 0.717) is 16.7 Å². The summed E-state index contributed by atoms with van der Waals surface area (Å²) >= 11 is 0. The second kappa shape index (κ2) is 8.71. The quantitative estimate of drug-likeness (QED) is 0.392. The van der Waals surface area contributed by atoms with Gasteiger partial charge in [0.1, 0.15) is 12.6 Å². The third-order valence-corrected chi connectivity index (χ3v) is 6.21. The number of fused-ring (bicyclic) bond motifs is 2. The van der Waals surface area contributed by atoms with Gasteiger partial charge in [0.25, 0.3) is 0 Å². The zero-order chi connectivity index (χ0) is 25.6. The highest BCUT2D eigenvalue weighted by atomic mass is 19.4. The molecule has 1 unspecified atom stereocenters. The van der Waals surface area contributed by atoms with Gasteiger partial charge < -0.3 is 9.72 Å². The van der Waals surface area contributed by atoms with Gasteiger partial charge in [-0.15, -0.1) is 0 Å². The Morgan fingerprint density at radius 1 is 1.06 bits per heavy atom. The van der Waals surface area contributed by atoms with Crippen molar-refractivity contribution in [3.8, 4) is 16.8 Å². The number of carbonyl (C=O) groups excluding carboxylic acids is 1. The first-order valence-corrected chi connectivity index (χ1v) is 11.2. The number of aromatic nitrogens is 4. The summed E-state index contributed by atoms with van der Waals surface area (Å²) in [6.45, 7) is 2.16. The third-order valence-electron chi connectivity index (χ3n) is 6.21. The van der Waals surface area contributed by atoms with Crippen LogP contribution in [0.3, 0.4) is 0 Å². The van der Waals surface area contributed by atoms with Crippen molar-refractivity contribution in [3.05, 3.63) is 89.4 Å². The molecule has 0 fully saturated rings. The second-order valence-electron chi connectivity index (χ2n) is 8.63. The number of hydrogen-bond donors (Lipinski definition) is 1. The lowest BCUT2D eigenvalue weighted by atomic mass is 10.1. The van der Waals surface area contributed by atoms with Crippen molar-refractivity contribution in [2.24, 2.45) is 0 Å². The van der Waals surface area contributed by atoms with Crippen LogP contribution in [0.5, 0.6) is 0 Å². The number of benzene rings is 2. The van der Waals surface area contributed by atoms with Gasteiger partial charge in [0.2, 0.25) is 5.91 Å². The topological polar surface area (TPSA) is 73.3 Å². The number of imidazole rings is 2. The van der Waals surface area contributed by atoms with Crippen LogP contribution in [0, 0.1) is 6.92 Å². The molecular formula is C26H22F3N5O2. The number of hydrogen-bond acceptors (Lipinski definition) is 3. The van der Waals surface area contributed by atoms with Crippen molar-refractivity contribution in [1.82, 2.24) is 23.8 Å². The van der Waals surface area contributed by atoms with E-state index in [1.165, 1.54) is 9.13 Å². The van der Waals surface area contributed by atoms with Crippen LogP contribution in [0.2, 0.25) is 0 Å². The summed E-state index contributed by atoms with van der Waals surface area (Å²) in [4.78, 5) is 30.0. The predicted octanol–water partition coefficient (Wildman–Crippen LogP) is 4.48. The first-order valence-electron chi connectivity index (χ1n) is 11.2. The van der Waals surface area contributed by atoms with Crippen molar-refractivity contribution >= 4 is 22.5 Å². The fourth-order valence-corrected chi connectivity index (χ4v) is 4.36. The summed E-state index contributed by atoms with van der Waals surface area (Å²) in [5.74, 6) is -0.897. The lowest BCUT2D eigenvalue weighted by Crippen LogP contribution is -2.45. The van der Waals surface area contributed by atoms with E-state index >= 15 is 0 Å². The molecule has 10 heteroatoms. The smallest absolute Gasteiger partial charge is 0.343 e. The van der Waals surface area contributed by atoms with Crippen LogP contribution in [-0.2, 0) is 11.3 Å². The number of alkyl halides is 3. The molecule has 2 aromatic carbocycles. The minimum atomic E-state index is -4.58. The zero-order valence-corrected chi connectivity index (χ0v) is 19.5. The first kappa shape index (κ1) is 23.4. The fourth-order valence-electron chi connectivity index (χ4n) is 4.36. The van der Waals surface area contributed by atoms with Gasteiger partial charge in [0.05, 0.1) is 34.8 Å². The highest BCUT2D eigenvalue weighted by Gasteiger charge is 2.37. The number of para-hydroxylation sites is 1. The normalized spacial score (nSPS) is 12.8. The molecule has 0 saturated heterocycles. The highest BCUT2D eigenvalue weighted by Crippen LogP contribution is 2.27. The number of aryl methyl sites for hydroxylation is 1. The lowest BCUT2D eigenvalue weighted by Gasteiger charge is -2.17. The summed E-state index contributed by atoms with van der Waals surface area (Å²) in [5, 5.41) is 1.92. The maximum absolute atomic E-state index is 13.5. The summed E-state index contributed by atoms with van der Waals surface area (Å²) in [5.41, 5.74) is 4.75. The van der Waals surface area contributed by atoms with Gasteiger partial charge in [-0.05, 0) is 49.2 Å². The van der Waals surface area contributed by atoms with E-state index < -0.39 is 30.4 Å². The van der Waals surface area contributed by atoms with Gasteiger partial charge in [-0.2, -0.15) is 13.2 Å². The predicted molar refractivity (Wildman–Crippen MR) is 130 cm³/mol. The molecule has 1 N–H and O–H groups in total. The molecule has 0 radical (unpaired) electrons. The summed E-state index contributed by atoms with van der Waals surface area (Å²) < 4.78 is 43.3. The Morgan fingerprint density at radius 2 is 1.81 bits per heavy atom. The molecule has 0 bridgehead atoms. The Balaban J connectivity index is 1.55. The molecule has 0 aliphatic carbocycles. The van der Waals surface area contributed by atoms with E-state index in [2.05, 4.69) is 4.98 Å². The molecule has 0 aliphatic heterocycles. The lowest BCUT2D eigenvalue weighted by molar-refractivity contribution is -0.158. The average molecular weight is 493 g/mol. The minimum Gasteiger partial charge on any atom is -0.343 e. The van der Waals surface area contributed by atoms with Gasteiger partial charge in [-0.1, -0.05) is 30.3 Å². The van der Waals surface area contributed by atoms with Gasteiger partial charge in [-0.25, -0.2) is 9.78 Å². The van der Waals surface area contributed by atoms with E-state index in [1.54, 1.807) is 36.8 Å². The SMILES string of the molecule is Cc1cccc2c1n(-c1ccc(-c3cccn4cncc34)cc1)c(=O)n2CC(=O)NC(C)C(F)(F)F. The van der Waals surface area contributed by atoms with Gasteiger partial charge in [0, 0.05) is 11.8 Å². The number of pyridine rings is 1. The molecule has 7 nitrogen and oxygen atoms in total. The number of halogens is 3. The molecule has 0 saturated carbocycles. The molecule has 36 heavy (non-hydrogen) atoms. The Hall–Kier alpha value is -4.34. The van der Waals surface area contributed by atoms with Crippen LogP contribution in [0.4, 0.5) is 13.2 Å². The number of amides is 1. The number of nitrogens with zero attached hydrogens (tertiary/aromatic N) is 4. The molecule has 5 aromatic rings. The van der Waals surface area contributed by atoms with E-state index in [9.17, 15) is 22.8 Å². The maximum Gasteiger partial charge on any atom is 0.408 e. The minimum absolute atomic E-state index is 0.461. The third kappa shape index (κ3) is 4.04. The summed E-state index contributed by atoms with van der Waals surface area (Å²) in [7, 11) is 0. The number of carbonyl (C=O) groups is 1. The second-order valence-corrected chi connectivity index (χ2v) is 8.63. The van der Waals surface area contributed by atoms with Crippen LogP contribution < -0.4 is 11.0 Å². The van der Waals surface area contributed by atoms with Crippen molar-refractivity contribution in [1.29, 1.82) is 0 Å². The molecule has 1 amide bonds. The monoisotopic (exact) mass is 493 g/mol. The molecular weight excluding hydrogens is 471 g/mol. The van der Waals surface area contributed by atoms with Crippen LogP contribution in [0.25, 0.3) is 33.4 Å². The maximum atomic E-state index is 13.5. The van der Waals surface area contributed by atoms with Crippen molar-refractivity contribution in [2.45, 2.75) is 32.6 Å². The standard InChI is InChI=1S/C26H22F3N5O2/c1-16-5-3-7-21-24(16)34(25(36)33(21)14-23(35)31-17(2)26(27,28)29)19-10-8-18(9-11-19)20-6-4-12-32-15-30-13-22(20)32/h3-13,15,17H,14H2,1-2H3,(H,31,35). The van der Waals surface area contributed by atoms with Gasteiger partial charge in [-0.3, -0.25) is 13.9 Å². The summed E-state index contributed by atoms with van der Waals surface area (Å²) in [6.07, 6.45) is 0.822. The molecule has 0 aliphatic rings. The fraction of sp³-hybridized carbons (Fsp3) is 0.192. The van der Waals surface area contributed by atoms with E-state index in [-0.39, 0.29) is 0 Å². The Bertz CT molecular complexity index is 1640. The number of rotatable bonds is 5. The van der Waals surface area contributed by atoms with Crippen LogP contribution in [0.15, 0.2) is 78.1 Å². The van der Waals surface area contributed by atoms with Crippen molar-refractivity contribution in [2.75, 3.05) is 0 Å². The first-order chi connectivity index (χ1) is 17.1. The van der Waals surface area contributed by atoms with Crippen LogP contribution in [-0.4, -0.2) is 36.6 Å². The number of nitrogens with one attached hydrogen (secondary N) is 1. The summed E-state index contributed by atoms with van der Waals surface area (Å²) in [6, 6.07) is 14.5. The molecule has 3 heterocycles. The zero-order valence-electron chi connectivity index (χ0n) is 19.5. The Labute approximate surface area is 203 Å². The molecule has 0 spiro atoms. The Morgan fingerprint density at radius 3 is 2.53 bits per heavy atom. The van der Waals surface area contributed by atoms with E-state index in [1.807, 2.05) is 53.2 Å².